The van der Waals surface area contributed by atoms with Crippen molar-refractivity contribution in [3.8, 4) is 22.6 Å². The van der Waals surface area contributed by atoms with Crippen LogP contribution in [0, 0.1) is 13.8 Å². The summed E-state index contributed by atoms with van der Waals surface area (Å²) >= 11 is 1.22. The first-order chi connectivity index (χ1) is 16.9. The van der Waals surface area contributed by atoms with Crippen molar-refractivity contribution in [2.45, 2.75) is 19.1 Å². The van der Waals surface area contributed by atoms with Gasteiger partial charge in [0.15, 0.2) is 5.76 Å². The smallest absolute Gasteiger partial charge is 0.257 e. The molecule has 1 N–H and O–H groups in total. The van der Waals surface area contributed by atoms with Gasteiger partial charge in [0.05, 0.1) is 12.3 Å². The Labute approximate surface area is 209 Å². The van der Waals surface area contributed by atoms with Gasteiger partial charge in [-0.2, -0.15) is 0 Å². The molecule has 0 spiro atoms. The molecule has 35 heavy (non-hydrogen) atoms. The summed E-state index contributed by atoms with van der Waals surface area (Å²) in [6.45, 7) is 3.85. The zero-order valence-electron chi connectivity index (χ0n) is 19.9. The highest BCUT2D eigenvalue weighted by atomic mass is 32.2. The number of hydrogen-bond acceptors (Lipinski definition) is 5. The summed E-state index contributed by atoms with van der Waals surface area (Å²) in [4.78, 5) is 31.3. The van der Waals surface area contributed by atoms with E-state index < -0.39 is 0 Å². The number of benzene rings is 3. The van der Waals surface area contributed by atoms with Crippen LogP contribution in [-0.4, -0.2) is 41.0 Å². The van der Waals surface area contributed by atoms with Crippen LogP contribution in [0.3, 0.4) is 0 Å². The van der Waals surface area contributed by atoms with Gasteiger partial charge in [0.2, 0.25) is 11.8 Å². The van der Waals surface area contributed by atoms with E-state index >= 15 is 0 Å². The van der Waals surface area contributed by atoms with Crippen molar-refractivity contribution in [2.24, 2.45) is 0 Å². The highest BCUT2D eigenvalue weighted by Crippen LogP contribution is 2.35. The van der Waals surface area contributed by atoms with E-state index in [0.29, 0.717) is 11.0 Å². The number of aryl methyl sites for hydroxylation is 2. The minimum absolute atomic E-state index is 0.0384. The van der Waals surface area contributed by atoms with Gasteiger partial charge in [-0.3, -0.25) is 9.59 Å². The van der Waals surface area contributed by atoms with Crippen LogP contribution in [0.5, 0.6) is 0 Å². The van der Waals surface area contributed by atoms with Crippen molar-refractivity contribution in [1.82, 2.24) is 9.88 Å². The summed E-state index contributed by atoms with van der Waals surface area (Å²) in [5, 5.41) is 3.32. The average Bonchev–Trinajstić information content (AvgIpc) is 3.30. The molecule has 0 radical (unpaired) electrons. The number of likely N-dealkylation sites (N-methyl/N-ethyl adjacent to an activating group) is 1. The number of amides is 2. The molecule has 0 saturated heterocycles. The van der Waals surface area contributed by atoms with E-state index in [4.69, 9.17) is 4.42 Å². The first-order valence-electron chi connectivity index (χ1n) is 11.3. The number of carbonyl (C=O) groups is 2. The van der Waals surface area contributed by atoms with Gasteiger partial charge in [-0.15, -0.1) is 0 Å². The maximum atomic E-state index is 12.7. The van der Waals surface area contributed by atoms with Crippen molar-refractivity contribution < 1.29 is 14.0 Å². The zero-order valence-corrected chi connectivity index (χ0v) is 20.8. The Morgan fingerprint density at radius 1 is 0.886 bits per heavy atom. The second kappa shape index (κ2) is 11.1. The van der Waals surface area contributed by atoms with Crippen molar-refractivity contribution in [3.63, 3.8) is 0 Å². The van der Waals surface area contributed by atoms with Crippen LogP contribution in [0.1, 0.15) is 11.1 Å². The van der Waals surface area contributed by atoms with E-state index in [1.807, 2.05) is 92.7 Å². The number of carbonyl (C=O) groups excluding carboxylic acids is 2. The molecule has 0 aliphatic carbocycles. The Morgan fingerprint density at radius 2 is 1.49 bits per heavy atom. The Morgan fingerprint density at radius 3 is 2.11 bits per heavy atom. The van der Waals surface area contributed by atoms with Gasteiger partial charge in [-0.1, -0.05) is 90.6 Å². The lowest BCUT2D eigenvalue weighted by Gasteiger charge is -2.17. The van der Waals surface area contributed by atoms with Crippen molar-refractivity contribution in [1.29, 1.82) is 0 Å². The number of rotatable bonds is 8. The molecule has 7 heteroatoms. The van der Waals surface area contributed by atoms with Gasteiger partial charge in [0.25, 0.3) is 5.22 Å². The minimum Gasteiger partial charge on any atom is -0.431 e. The molecule has 4 rings (SSSR count). The first-order valence-corrected chi connectivity index (χ1v) is 12.3. The summed E-state index contributed by atoms with van der Waals surface area (Å²) < 4.78 is 6.07. The van der Waals surface area contributed by atoms with E-state index in [2.05, 4.69) is 10.3 Å². The molecule has 0 atom stereocenters. The first kappa shape index (κ1) is 24.3. The van der Waals surface area contributed by atoms with Gasteiger partial charge in [0, 0.05) is 23.9 Å². The van der Waals surface area contributed by atoms with Gasteiger partial charge < -0.3 is 14.6 Å². The van der Waals surface area contributed by atoms with Crippen LogP contribution in [0.4, 0.5) is 5.69 Å². The summed E-state index contributed by atoms with van der Waals surface area (Å²) in [5.74, 6) is 0.341. The molecule has 1 aromatic heterocycles. The summed E-state index contributed by atoms with van der Waals surface area (Å²) in [6, 6.07) is 25.4. The highest BCUT2D eigenvalue weighted by molar-refractivity contribution is 7.99. The molecule has 178 valence electrons. The minimum atomic E-state index is -0.239. The number of anilines is 1. The molecule has 1 heterocycles. The largest absolute Gasteiger partial charge is 0.431 e. The fourth-order valence-corrected chi connectivity index (χ4v) is 4.43. The third kappa shape index (κ3) is 6.00. The fourth-order valence-electron chi connectivity index (χ4n) is 3.67. The lowest BCUT2D eigenvalue weighted by atomic mass is 10.1. The number of para-hydroxylation sites is 1. The highest BCUT2D eigenvalue weighted by Gasteiger charge is 2.20. The fraction of sp³-hybridized carbons (Fsp3) is 0.179. The summed E-state index contributed by atoms with van der Waals surface area (Å²) in [7, 11) is 1.62. The third-order valence-corrected chi connectivity index (χ3v) is 6.37. The maximum absolute atomic E-state index is 12.7. The van der Waals surface area contributed by atoms with E-state index in [9.17, 15) is 9.59 Å². The predicted octanol–water partition coefficient (Wildman–Crippen LogP) is 5.81. The van der Waals surface area contributed by atoms with E-state index in [0.717, 1.165) is 33.6 Å². The van der Waals surface area contributed by atoms with Gasteiger partial charge in [-0.25, -0.2) is 4.98 Å². The van der Waals surface area contributed by atoms with E-state index in [-0.39, 0.29) is 24.1 Å². The number of hydrogen-bond donors (Lipinski definition) is 1. The molecule has 6 nitrogen and oxygen atoms in total. The van der Waals surface area contributed by atoms with E-state index in [1.54, 1.807) is 7.05 Å². The molecule has 0 aliphatic rings. The van der Waals surface area contributed by atoms with Crippen LogP contribution in [0.25, 0.3) is 22.6 Å². The van der Waals surface area contributed by atoms with Crippen molar-refractivity contribution >= 4 is 29.3 Å². The SMILES string of the molecule is Cc1cccc(C)c1NC(=O)CN(C)C(=O)CSc1nc(-c2ccccc2)c(-c2ccccc2)o1. The quantitative estimate of drug-likeness (QED) is 0.319. The van der Waals surface area contributed by atoms with Gasteiger partial charge in [-0.05, 0) is 25.0 Å². The maximum Gasteiger partial charge on any atom is 0.257 e. The lowest BCUT2D eigenvalue weighted by molar-refractivity contribution is -0.131. The number of thioether (sulfide) groups is 1. The van der Waals surface area contributed by atoms with Crippen LogP contribution >= 0.6 is 11.8 Å². The molecule has 0 aliphatic heterocycles. The van der Waals surface area contributed by atoms with Crippen LogP contribution in [-0.2, 0) is 9.59 Å². The van der Waals surface area contributed by atoms with Crippen LogP contribution in [0.2, 0.25) is 0 Å². The standard InChI is InChI=1S/C28H27N3O3S/c1-19-11-10-12-20(2)25(19)29-23(32)17-31(3)24(33)18-35-28-30-26(21-13-6-4-7-14-21)27(34-28)22-15-8-5-9-16-22/h4-16H,17-18H2,1-3H3,(H,29,32). The third-order valence-electron chi connectivity index (χ3n) is 5.56. The zero-order chi connectivity index (χ0) is 24.8. The second-order valence-electron chi connectivity index (χ2n) is 8.24. The number of nitrogens with one attached hydrogen (secondary N) is 1. The van der Waals surface area contributed by atoms with Crippen molar-refractivity contribution in [2.75, 3.05) is 24.7 Å². The van der Waals surface area contributed by atoms with E-state index in [1.165, 1.54) is 16.7 Å². The molecule has 0 saturated carbocycles. The van der Waals surface area contributed by atoms with Gasteiger partial charge >= 0.3 is 0 Å². The molecule has 0 fully saturated rings. The Hall–Kier alpha value is -3.84. The molecule has 2 amide bonds. The topological polar surface area (TPSA) is 75.4 Å². The van der Waals surface area contributed by atoms with Crippen molar-refractivity contribution in [3.05, 3.63) is 90.0 Å². The number of nitrogens with zero attached hydrogens (tertiary/aromatic N) is 2. The van der Waals surface area contributed by atoms with Crippen LogP contribution < -0.4 is 5.32 Å². The summed E-state index contributed by atoms with van der Waals surface area (Å²) in [5.41, 5.74) is 5.33. The molecule has 4 aromatic rings. The molecule has 3 aromatic carbocycles. The molecule has 0 unspecified atom stereocenters. The Bertz CT molecular complexity index is 1240. The lowest BCUT2D eigenvalue weighted by Crippen LogP contribution is -2.36. The normalized spacial score (nSPS) is 10.7. The second-order valence-corrected chi connectivity index (χ2v) is 9.17. The number of aromatic nitrogens is 1. The van der Waals surface area contributed by atoms with Gasteiger partial charge in [0.1, 0.15) is 5.69 Å². The Kier molecular flexibility index (Phi) is 7.67. The summed E-state index contributed by atoms with van der Waals surface area (Å²) in [6.07, 6.45) is 0. The average molecular weight is 486 g/mol. The molecular weight excluding hydrogens is 458 g/mol. The predicted molar refractivity (Wildman–Crippen MR) is 140 cm³/mol. The Balaban J connectivity index is 1.42. The molecular formula is C28H27N3O3S. The van der Waals surface area contributed by atoms with Crippen LogP contribution in [0.15, 0.2) is 88.5 Å². The number of oxazole rings is 1. The molecule has 0 bridgehead atoms. The monoisotopic (exact) mass is 485 g/mol.